The molecule has 1 N–H and O–H groups in total. The highest BCUT2D eigenvalue weighted by molar-refractivity contribution is 5.79. The van der Waals surface area contributed by atoms with Crippen LogP contribution in [0.15, 0.2) is 30.3 Å². The molecule has 0 unspecified atom stereocenters. The van der Waals surface area contributed by atoms with E-state index in [4.69, 9.17) is 4.74 Å². The van der Waals surface area contributed by atoms with E-state index in [0.29, 0.717) is 19.6 Å². The highest BCUT2D eigenvalue weighted by Crippen LogP contribution is 2.13. The molecule has 5 heteroatoms. The fourth-order valence-corrected chi connectivity index (χ4v) is 2.69. The summed E-state index contributed by atoms with van der Waals surface area (Å²) in [6.07, 6.45) is 0.341. The molecule has 0 spiro atoms. The van der Waals surface area contributed by atoms with Gasteiger partial charge in [0.25, 0.3) is 0 Å². The third-order valence-corrected chi connectivity index (χ3v) is 4.05. The summed E-state index contributed by atoms with van der Waals surface area (Å²) in [5.41, 5.74) is 3.64. The first-order valence-corrected chi connectivity index (χ1v) is 8.20. The van der Waals surface area contributed by atoms with Crippen molar-refractivity contribution in [2.75, 3.05) is 6.61 Å². The fraction of sp³-hybridized carbons (Fsp3) is 0.474. The van der Waals surface area contributed by atoms with Crippen LogP contribution in [0.4, 0.5) is 0 Å². The first kappa shape index (κ1) is 18.2. The second-order valence-corrected chi connectivity index (χ2v) is 6.86. The van der Waals surface area contributed by atoms with Crippen LogP contribution < -0.4 is 5.32 Å². The van der Waals surface area contributed by atoms with Crippen LogP contribution in [0.1, 0.15) is 36.4 Å². The summed E-state index contributed by atoms with van der Waals surface area (Å²) in [7, 11) is 1.89. The van der Waals surface area contributed by atoms with Gasteiger partial charge < -0.3 is 10.1 Å². The molecule has 2 aromatic rings. The van der Waals surface area contributed by atoms with Crippen molar-refractivity contribution in [1.29, 1.82) is 0 Å². The first-order valence-electron chi connectivity index (χ1n) is 8.20. The summed E-state index contributed by atoms with van der Waals surface area (Å²) in [5, 5.41) is 7.41. The Morgan fingerprint density at radius 3 is 2.50 bits per heavy atom. The third-order valence-electron chi connectivity index (χ3n) is 4.05. The summed E-state index contributed by atoms with van der Waals surface area (Å²) < 4.78 is 7.57. The lowest BCUT2D eigenvalue weighted by Gasteiger charge is -2.26. The number of carbonyl (C=O) groups is 1. The summed E-state index contributed by atoms with van der Waals surface area (Å²) in [6, 6.07) is 10.0. The van der Waals surface area contributed by atoms with Crippen molar-refractivity contribution in [1.82, 2.24) is 15.1 Å². The van der Waals surface area contributed by atoms with E-state index >= 15 is 0 Å². The van der Waals surface area contributed by atoms with Gasteiger partial charge in [-0.1, -0.05) is 30.3 Å². The molecule has 5 nitrogen and oxygen atoms in total. The average Bonchev–Trinajstić information content (AvgIpc) is 2.74. The molecule has 0 aliphatic rings. The Balaban J connectivity index is 1.85. The molecule has 1 heterocycles. The van der Waals surface area contributed by atoms with Gasteiger partial charge in [0.15, 0.2) is 0 Å². The second kappa shape index (κ2) is 7.62. The summed E-state index contributed by atoms with van der Waals surface area (Å²) >= 11 is 0. The third kappa shape index (κ3) is 4.93. The predicted octanol–water partition coefficient (Wildman–Crippen LogP) is 2.69. The smallest absolute Gasteiger partial charge is 0.225 e. The number of amides is 1. The van der Waals surface area contributed by atoms with Crippen LogP contribution in [0.5, 0.6) is 0 Å². The summed E-state index contributed by atoms with van der Waals surface area (Å²) in [6.45, 7) is 8.86. The van der Waals surface area contributed by atoms with Gasteiger partial charge in [-0.05, 0) is 33.3 Å². The van der Waals surface area contributed by atoms with Crippen LogP contribution in [0.3, 0.4) is 0 Å². The van der Waals surface area contributed by atoms with Gasteiger partial charge in [0.1, 0.15) is 0 Å². The zero-order chi connectivity index (χ0) is 17.7. The molecular formula is C19H27N3O2. The lowest BCUT2D eigenvalue weighted by atomic mass is 10.0. The Bertz CT molecular complexity index is 690. The van der Waals surface area contributed by atoms with Gasteiger partial charge in [-0.3, -0.25) is 9.48 Å². The molecule has 0 fully saturated rings. The maximum atomic E-state index is 12.4. The van der Waals surface area contributed by atoms with Crippen molar-refractivity contribution >= 4 is 5.91 Å². The van der Waals surface area contributed by atoms with Gasteiger partial charge in [-0.2, -0.15) is 5.10 Å². The van der Waals surface area contributed by atoms with Gasteiger partial charge in [0.05, 0.1) is 30.9 Å². The number of nitrogens with one attached hydrogen (secondary N) is 1. The van der Waals surface area contributed by atoms with E-state index in [1.54, 1.807) is 0 Å². The zero-order valence-corrected chi connectivity index (χ0v) is 15.2. The number of hydrogen-bond acceptors (Lipinski definition) is 3. The number of carbonyl (C=O) groups excluding carboxylic acids is 1. The maximum absolute atomic E-state index is 12.4. The van der Waals surface area contributed by atoms with E-state index in [9.17, 15) is 4.79 Å². The second-order valence-electron chi connectivity index (χ2n) is 6.86. The van der Waals surface area contributed by atoms with E-state index in [0.717, 1.165) is 22.5 Å². The van der Waals surface area contributed by atoms with Gasteiger partial charge >= 0.3 is 0 Å². The number of aryl methyl sites for hydroxylation is 2. The fourth-order valence-electron chi connectivity index (χ4n) is 2.69. The monoisotopic (exact) mass is 329 g/mol. The first-order chi connectivity index (χ1) is 11.3. The lowest BCUT2D eigenvalue weighted by Crippen LogP contribution is -2.47. The van der Waals surface area contributed by atoms with E-state index in [-0.39, 0.29) is 5.91 Å². The van der Waals surface area contributed by atoms with Crippen LogP contribution in [-0.2, 0) is 29.6 Å². The van der Waals surface area contributed by atoms with Crippen molar-refractivity contribution in [2.24, 2.45) is 7.05 Å². The van der Waals surface area contributed by atoms with Crippen LogP contribution >= 0.6 is 0 Å². The minimum absolute atomic E-state index is 0.0116. The normalized spacial score (nSPS) is 11.5. The van der Waals surface area contributed by atoms with E-state index in [2.05, 4.69) is 10.4 Å². The molecular weight excluding hydrogens is 302 g/mol. The molecule has 24 heavy (non-hydrogen) atoms. The number of aromatic nitrogens is 2. The quantitative estimate of drug-likeness (QED) is 0.850. The summed E-state index contributed by atoms with van der Waals surface area (Å²) in [5.74, 6) is -0.0116. The minimum atomic E-state index is -0.421. The largest absolute Gasteiger partial charge is 0.374 e. The maximum Gasteiger partial charge on any atom is 0.225 e. The van der Waals surface area contributed by atoms with Crippen molar-refractivity contribution in [3.05, 3.63) is 52.8 Å². The Hall–Kier alpha value is -2.14. The minimum Gasteiger partial charge on any atom is -0.374 e. The van der Waals surface area contributed by atoms with Crippen molar-refractivity contribution in [3.63, 3.8) is 0 Å². The molecule has 0 radical (unpaired) electrons. The predicted molar refractivity (Wildman–Crippen MR) is 94.7 cm³/mol. The molecule has 0 saturated heterocycles. The molecule has 1 amide bonds. The highest BCUT2D eigenvalue weighted by atomic mass is 16.5. The Labute approximate surface area is 144 Å². The van der Waals surface area contributed by atoms with E-state index in [1.807, 2.05) is 69.8 Å². The molecule has 0 saturated carbocycles. The number of benzene rings is 1. The topological polar surface area (TPSA) is 56.2 Å². The molecule has 0 aliphatic carbocycles. The summed E-state index contributed by atoms with van der Waals surface area (Å²) in [4.78, 5) is 12.4. The number of rotatable bonds is 7. The zero-order valence-electron chi connectivity index (χ0n) is 15.2. The van der Waals surface area contributed by atoms with Gasteiger partial charge in [-0.15, -0.1) is 0 Å². The van der Waals surface area contributed by atoms with Gasteiger partial charge in [-0.25, -0.2) is 0 Å². The van der Waals surface area contributed by atoms with Gasteiger partial charge in [0, 0.05) is 18.3 Å². The highest BCUT2D eigenvalue weighted by Gasteiger charge is 2.22. The Morgan fingerprint density at radius 1 is 1.25 bits per heavy atom. The van der Waals surface area contributed by atoms with Crippen LogP contribution in [0.2, 0.25) is 0 Å². The molecule has 2 rings (SSSR count). The van der Waals surface area contributed by atoms with E-state index in [1.165, 1.54) is 0 Å². The standard InChI is InChI=1S/C19H27N3O2/c1-14-17(15(2)22(5)21-14)11-18(23)20-19(3,4)13-24-12-16-9-7-6-8-10-16/h6-10H,11-13H2,1-5H3,(H,20,23). The van der Waals surface area contributed by atoms with Crippen molar-refractivity contribution in [3.8, 4) is 0 Å². The number of ether oxygens (including phenoxy) is 1. The number of nitrogens with zero attached hydrogens (tertiary/aromatic N) is 2. The Morgan fingerprint density at radius 2 is 1.92 bits per heavy atom. The van der Waals surface area contributed by atoms with Crippen LogP contribution in [-0.4, -0.2) is 27.8 Å². The van der Waals surface area contributed by atoms with Crippen LogP contribution in [0.25, 0.3) is 0 Å². The van der Waals surface area contributed by atoms with Crippen LogP contribution in [0, 0.1) is 13.8 Å². The molecule has 0 atom stereocenters. The van der Waals surface area contributed by atoms with Gasteiger partial charge in [0.2, 0.25) is 5.91 Å². The SMILES string of the molecule is Cc1nn(C)c(C)c1CC(=O)NC(C)(C)COCc1ccccc1. The lowest BCUT2D eigenvalue weighted by molar-refractivity contribution is -0.122. The number of hydrogen-bond donors (Lipinski definition) is 1. The van der Waals surface area contributed by atoms with E-state index < -0.39 is 5.54 Å². The molecule has 1 aromatic heterocycles. The Kier molecular flexibility index (Phi) is 5.78. The molecule has 0 bridgehead atoms. The molecule has 130 valence electrons. The van der Waals surface area contributed by atoms with Crippen molar-refractivity contribution in [2.45, 2.75) is 46.3 Å². The van der Waals surface area contributed by atoms with Crippen molar-refractivity contribution < 1.29 is 9.53 Å². The molecule has 1 aromatic carbocycles. The average molecular weight is 329 g/mol. The molecule has 0 aliphatic heterocycles.